The number of pyridine rings is 1. The van der Waals surface area contributed by atoms with Gasteiger partial charge >= 0.3 is 0 Å². The fourth-order valence-corrected chi connectivity index (χ4v) is 3.27. The van der Waals surface area contributed by atoms with Gasteiger partial charge in [0, 0.05) is 5.69 Å². The summed E-state index contributed by atoms with van der Waals surface area (Å²) in [6, 6.07) is 23.2. The smallest absolute Gasteiger partial charge is 0.252 e. The van der Waals surface area contributed by atoms with Crippen molar-refractivity contribution in [3.05, 3.63) is 83.9 Å². The van der Waals surface area contributed by atoms with Crippen molar-refractivity contribution in [1.82, 2.24) is 4.98 Å². The van der Waals surface area contributed by atoms with Gasteiger partial charge in [-0.25, -0.2) is 4.98 Å². The number of para-hydroxylation sites is 1. The highest BCUT2D eigenvalue weighted by Gasteiger charge is 2.14. The van der Waals surface area contributed by atoms with Crippen LogP contribution in [0.25, 0.3) is 0 Å². The average molecular weight is 405 g/mol. The monoisotopic (exact) mass is 404 g/mol. The van der Waals surface area contributed by atoms with Gasteiger partial charge in [0.25, 0.3) is 5.91 Å². The number of aromatic nitrogens is 1. The molecule has 1 saturated carbocycles. The molecule has 1 aromatic heterocycles. The zero-order valence-corrected chi connectivity index (χ0v) is 17.0. The van der Waals surface area contributed by atoms with Gasteiger partial charge in [0.05, 0.1) is 18.3 Å². The molecule has 0 spiro atoms. The van der Waals surface area contributed by atoms with Gasteiger partial charge in [0.2, 0.25) is 0 Å². The number of nitrogens with one attached hydrogen (secondary N) is 1. The van der Waals surface area contributed by atoms with Crippen LogP contribution in [0.4, 0.5) is 17.3 Å². The van der Waals surface area contributed by atoms with Crippen LogP contribution in [-0.2, 0) is 11.3 Å². The third-order valence-corrected chi connectivity index (χ3v) is 4.87. The van der Waals surface area contributed by atoms with Crippen LogP contribution in [0.5, 0.6) is 0 Å². The maximum Gasteiger partial charge on any atom is 0.252 e. The van der Waals surface area contributed by atoms with E-state index in [1.165, 1.54) is 31.2 Å². The van der Waals surface area contributed by atoms with Gasteiger partial charge in [-0.2, -0.15) is 0 Å². The van der Waals surface area contributed by atoms with Crippen LogP contribution in [0.1, 0.15) is 41.6 Å². The van der Waals surface area contributed by atoms with Crippen molar-refractivity contribution in [2.24, 2.45) is 5.73 Å². The normalized spacial score (nSPS) is 13.3. The molecule has 6 nitrogen and oxygen atoms in total. The fourth-order valence-electron chi connectivity index (χ4n) is 3.27. The molecule has 1 aliphatic carbocycles. The summed E-state index contributed by atoms with van der Waals surface area (Å²) >= 11 is 0. The first-order valence-corrected chi connectivity index (χ1v) is 10.2. The first-order chi connectivity index (χ1) is 14.6. The zero-order chi connectivity index (χ0) is 21.2. The summed E-state index contributed by atoms with van der Waals surface area (Å²) in [5.74, 6) is 0.110. The maximum absolute atomic E-state index is 11.0. The Bertz CT molecular complexity index is 926. The predicted molar refractivity (Wildman–Crippen MR) is 120 cm³/mol. The van der Waals surface area contributed by atoms with Crippen molar-refractivity contribution in [2.45, 2.75) is 38.4 Å². The second-order valence-corrected chi connectivity index (χ2v) is 7.19. The SMILES string of the molecule is NC(=O)c1ccc(Nc2ccccc2)nc1N.c1ccc(COC2CCCC2)cc1. The van der Waals surface area contributed by atoms with Crippen LogP contribution < -0.4 is 16.8 Å². The number of hydrogen-bond donors (Lipinski definition) is 3. The number of primary amides is 1. The van der Waals surface area contributed by atoms with E-state index in [0.717, 1.165) is 12.3 Å². The van der Waals surface area contributed by atoms with Gasteiger partial charge in [0.1, 0.15) is 11.6 Å². The molecule has 0 bridgehead atoms. The number of carbonyl (C=O) groups excluding carboxylic acids is 1. The molecule has 1 heterocycles. The molecule has 156 valence electrons. The van der Waals surface area contributed by atoms with Gasteiger partial charge in [-0.05, 0) is 42.7 Å². The minimum atomic E-state index is -0.582. The van der Waals surface area contributed by atoms with Gasteiger partial charge in [-0.1, -0.05) is 61.4 Å². The van der Waals surface area contributed by atoms with E-state index in [0.29, 0.717) is 11.9 Å². The molecule has 1 amide bonds. The summed E-state index contributed by atoms with van der Waals surface area (Å²) in [5.41, 5.74) is 13.2. The molecule has 0 unspecified atom stereocenters. The maximum atomic E-state index is 11.0. The third kappa shape index (κ3) is 6.60. The lowest BCUT2D eigenvalue weighted by molar-refractivity contribution is 0.0457. The molecular formula is C24H28N4O2. The molecule has 0 saturated heterocycles. The summed E-state index contributed by atoms with van der Waals surface area (Å²) < 4.78 is 5.79. The highest BCUT2D eigenvalue weighted by Crippen LogP contribution is 2.22. The zero-order valence-electron chi connectivity index (χ0n) is 17.0. The van der Waals surface area contributed by atoms with Crippen molar-refractivity contribution < 1.29 is 9.53 Å². The largest absolute Gasteiger partial charge is 0.383 e. The predicted octanol–water partition coefficient (Wildman–Crippen LogP) is 4.65. The Morgan fingerprint density at radius 2 is 1.60 bits per heavy atom. The lowest BCUT2D eigenvalue weighted by Crippen LogP contribution is -2.14. The Balaban J connectivity index is 0.000000177. The number of ether oxygens (including phenoxy) is 1. The number of anilines is 3. The summed E-state index contributed by atoms with van der Waals surface area (Å²) in [6.07, 6.45) is 5.73. The first kappa shape index (κ1) is 21.3. The van der Waals surface area contributed by atoms with Crippen molar-refractivity contribution in [2.75, 3.05) is 11.1 Å². The number of rotatable bonds is 6. The Kier molecular flexibility index (Phi) is 7.80. The molecule has 5 N–H and O–H groups in total. The summed E-state index contributed by atoms with van der Waals surface area (Å²) in [5, 5.41) is 3.07. The number of nitrogens with zero attached hydrogens (tertiary/aromatic N) is 1. The number of nitrogens with two attached hydrogens (primary N) is 2. The van der Waals surface area contributed by atoms with Crippen molar-refractivity contribution in [3.63, 3.8) is 0 Å². The van der Waals surface area contributed by atoms with E-state index in [1.54, 1.807) is 12.1 Å². The standard InChI is InChI=1S/C12H12N4O.C12H16O/c13-11-9(12(14)17)6-7-10(16-11)15-8-4-2-1-3-5-8;1-2-6-11(7-3-1)10-13-12-8-4-5-9-12/h1-7H,(H2,14,17)(H3,13,15,16);1-3,6-7,12H,4-5,8-10H2. The minimum Gasteiger partial charge on any atom is -0.383 e. The summed E-state index contributed by atoms with van der Waals surface area (Å²) in [6.45, 7) is 0.783. The van der Waals surface area contributed by atoms with E-state index in [9.17, 15) is 4.79 Å². The Morgan fingerprint density at radius 3 is 2.20 bits per heavy atom. The Hall–Kier alpha value is -3.38. The third-order valence-electron chi connectivity index (χ3n) is 4.87. The van der Waals surface area contributed by atoms with E-state index in [1.807, 2.05) is 36.4 Å². The molecule has 30 heavy (non-hydrogen) atoms. The number of hydrogen-bond acceptors (Lipinski definition) is 5. The molecule has 0 aliphatic heterocycles. The summed E-state index contributed by atoms with van der Waals surface area (Å²) in [4.78, 5) is 15.0. The average Bonchev–Trinajstić information content (AvgIpc) is 3.28. The number of nitrogen functional groups attached to an aromatic ring is 1. The van der Waals surface area contributed by atoms with Crippen molar-refractivity contribution in [1.29, 1.82) is 0 Å². The van der Waals surface area contributed by atoms with Crippen molar-refractivity contribution >= 4 is 23.2 Å². The van der Waals surface area contributed by atoms with Crippen LogP contribution >= 0.6 is 0 Å². The molecule has 1 fully saturated rings. The van der Waals surface area contributed by atoms with Crippen LogP contribution in [0.2, 0.25) is 0 Å². The molecular weight excluding hydrogens is 376 g/mol. The molecule has 1 aliphatic rings. The van der Waals surface area contributed by atoms with Crippen LogP contribution in [-0.4, -0.2) is 17.0 Å². The highest BCUT2D eigenvalue weighted by molar-refractivity contribution is 5.97. The highest BCUT2D eigenvalue weighted by atomic mass is 16.5. The van der Waals surface area contributed by atoms with E-state index >= 15 is 0 Å². The molecule has 6 heteroatoms. The van der Waals surface area contributed by atoms with E-state index in [2.05, 4.69) is 34.6 Å². The van der Waals surface area contributed by atoms with E-state index in [4.69, 9.17) is 16.2 Å². The quantitative estimate of drug-likeness (QED) is 0.555. The first-order valence-electron chi connectivity index (χ1n) is 10.2. The number of amides is 1. The Morgan fingerprint density at radius 1 is 0.967 bits per heavy atom. The molecule has 4 rings (SSSR count). The van der Waals surface area contributed by atoms with Crippen LogP contribution in [0.3, 0.4) is 0 Å². The second-order valence-electron chi connectivity index (χ2n) is 7.19. The second kappa shape index (κ2) is 11.0. The van der Waals surface area contributed by atoms with E-state index in [-0.39, 0.29) is 11.4 Å². The van der Waals surface area contributed by atoms with Crippen LogP contribution in [0, 0.1) is 0 Å². The molecule has 0 atom stereocenters. The van der Waals surface area contributed by atoms with Gasteiger partial charge in [-0.15, -0.1) is 0 Å². The van der Waals surface area contributed by atoms with Crippen molar-refractivity contribution in [3.8, 4) is 0 Å². The molecule has 2 aromatic carbocycles. The molecule has 3 aromatic rings. The lowest BCUT2D eigenvalue weighted by Gasteiger charge is -2.10. The fraction of sp³-hybridized carbons (Fsp3) is 0.250. The van der Waals surface area contributed by atoms with Gasteiger partial charge in [0.15, 0.2) is 0 Å². The lowest BCUT2D eigenvalue weighted by atomic mass is 10.2. The van der Waals surface area contributed by atoms with E-state index < -0.39 is 5.91 Å². The molecule has 0 radical (unpaired) electrons. The van der Waals surface area contributed by atoms with Gasteiger partial charge < -0.3 is 21.5 Å². The number of carbonyl (C=O) groups is 1. The summed E-state index contributed by atoms with van der Waals surface area (Å²) in [7, 11) is 0. The van der Waals surface area contributed by atoms with Gasteiger partial charge in [-0.3, -0.25) is 4.79 Å². The topological polar surface area (TPSA) is 103 Å². The van der Waals surface area contributed by atoms with Crippen LogP contribution in [0.15, 0.2) is 72.8 Å². The minimum absolute atomic E-state index is 0.124. The number of benzene rings is 2. The Labute approximate surface area is 177 Å².